The standard InChI is InChI=1S/C11H19N3O/c1-4-6-12-11-13-10(2)9-14(11)7-5-8-15-3/h4,9H,1,5-8H2,2-3H3,(H,12,13). The first-order valence-corrected chi connectivity index (χ1v) is 5.15. The Bertz CT molecular complexity index is 307. The lowest BCUT2D eigenvalue weighted by molar-refractivity contribution is 0.190. The lowest BCUT2D eigenvalue weighted by Gasteiger charge is -2.07. The van der Waals surface area contributed by atoms with Crippen molar-refractivity contribution in [3.8, 4) is 0 Å². The van der Waals surface area contributed by atoms with Crippen LogP contribution in [0, 0.1) is 6.92 Å². The van der Waals surface area contributed by atoms with Gasteiger partial charge in [0.2, 0.25) is 5.95 Å². The van der Waals surface area contributed by atoms with Gasteiger partial charge in [0.15, 0.2) is 0 Å². The molecule has 0 amide bonds. The Morgan fingerprint density at radius 3 is 3.13 bits per heavy atom. The van der Waals surface area contributed by atoms with E-state index in [-0.39, 0.29) is 0 Å². The third-order valence-corrected chi connectivity index (χ3v) is 2.05. The summed E-state index contributed by atoms with van der Waals surface area (Å²) >= 11 is 0. The molecule has 0 aromatic carbocycles. The molecule has 0 aliphatic rings. The van der Waals surface area contributed by atoms with Crippen molar-refractivity contribution in [2.45, 2.75) is 19.9 Å². The van der Waals surface area contributed by atoms with Gasteiger partial charge in [-0.1, -0.05) is 6.08 Å². The molecular weight excluding hydrogens is 190 g/mol. The van der Waals surface area contributed by atoms with Crippen LogP contribution in [0.5, 0.6) is 0 Å². The smallest absolute Gasteiger partial charge is 0.203 e. The molecule has 0 atom stereocenters. The van der Waals surface area contributed by atoms with Gasteiger partial charge in [-0.25, -0.2) is 4.98 Å². The van der Waals surface area contributed by atoms with E-state index in [2.05, 4.69) is 21.4 Å². The van der Waals surface area contributed by atoms with Crippen LogP contribution in [0.2, 0.25) is 0 Å². The van der Waals surface area contributed by atoms with Crippen LogP contribution in [0.15, 0.2) is 18.9 Å². The van der Waals surface area contributed by atoms with E-state index >= 15 is 0 Å². The number of nitrogens with zero attached hydrogens (tertiary/aromatic N) is 2. The van der Waals surface area contributed by atoms with Crippen LogP contribution in [0.4, 0.5) is 5.95 Å². The highest BCUT2D eigenvalue weighted by Gasteiger charge is 2.03. The second kappa shape index (κ2) is 6.24. The van der Waals surface area contributed by atoms with Crippen LogP contribution in [-0.2, 0) is 11.3 Å². The maximum atomic E-state index is 5.02. The van der Waals surface area contributed by atoms with Gasteiger partial charge in [0, 0.05) is 33.0 Å². The fourth-order valence-electron chi connectivity index (χ4n) is 1.40. The number of aryl methyl sites for hydroxylation is 2. The molecule has 0 spiro atoms. The normalized spacial score (nSPS) is 10.3. The summed E-state index contributed by atoms with van der Waals surface area (Å²) in [6.07, 6.45) is 4.86. The molecule has 84 valence electrons. The Morgan fingerprint density at radius 2 is 2.47 bits per heavy atom. The van der Waals surface area contributed by atoms with Crippen molar-refractivity contribution in [2.24, 2.45) is 0 Å². The molecule has 0 aliphatic carbocycles. The first-order chi connectivity index (χ1) is 7.27. The van der Waals surface area contributed by atoms with Gasteiger partial charge in [0.05, 0.1) is 5.69 Å². The number of methoxy groups -OCH3 is 1. The number of nitrogens with one attached hydrogen (secondary N) is 1. The summed E-state index contributed by atoms with van der Waals surface area (Å²) in [6, 6.07) is 0. The van der Waals surface area contributed by atoms with Crippen LogP contribution >= 0.6 is 0 Å². The van der Waals surface area contributed by atoms with E-state index in [0.29, 0.717) is 0 Å². The van der Waals surface area contributed by atoms with Gasteiger partial charge in [-0.3, -0.25) is 0 Å². The van der Waals surface area contributed by atoms with E-state index in [0.717, 1.165) is 37.8 Å². The van der Waals surface area contributed by atoms with Crippen molar-refractivity contribution in [1.82, 2.24) is 9.55 Å². The average molecular weight is 209 g/mol. The Balaban J connectivity index is 2.55. The van der Waals surface area contributed by atoms with Gasteiger partial charge in [-0.05, 0) is 13.3 Å². The van der Waals surface area contributed by atoms with Gasteiger partial charge in [0.1, 0.15) is 0 Å². The lowest BCUT2D eigenvalue weighted by atomic mass is 10.4. The molecule has 4 nitrogen and oxygen atoms in total. The van der Waals surface area contributed by atoms with Gasteiger partial charge in [-0.2, -0.15) is 0 Å². The van der Waals surface area contributed by atoms with E-state index in [1.807, 2.05) is 19.2 Å². The molecule has 1 aromatic rings. The maximum Gasteiger partial charge on any atom is 0.203 e. The first kappa shape index (κ1) is 11.8. The SMILES string of the molecule is C=CCNc1nc(C)cn1CCCOC. The van der Waals surface area contributed by atoms with Crippen molar-refractivity contribution in [3.63, 3.8) is 0 Å². The molecule has 0 unspecified atom stereocenters. The number of hydrogen-bond donors (Lipinski definition) is 1. The van der Waals surface area contributed by atoms with Crippen molar-refractivity contribution < 1.29 is 4.74 Å². The van der Waals surface area contributed by atoms with Gasteiger partial charge in [-0.15, -0.1) is 6.58 Å². The summed E-state index contributed by atoms with van der Waals surface area (Å²) in [6.45, 7) is 8.10. The molecular formula is C11H19N3O. The molecule has 4 heteroatoms. The number of imidazole rings is 1. The van der Waals surface area contributed by atoms with E-state index < -0.39 is 0 Å². The molecule has 1 heterocycles. The zero-order chi connectivity index (χ0) is 11.1. The Morgan fingerprint density at radius 1 is 1.67 bits per heavy atom. The zero-order valence-corrected chi connectivity index (χ0v) is 9.49. The van der Waals surface area contributed by atoms with Crippen LogP contribution in [0.3, 0.4) is 0 Å². The molecule has 15 heavy (non-hydrogen) atoms. The predicted octanol–water partition coefficient (Wildman–Crippen LogP) is 1.83. The number of ether oxygens (including phenoxy) is 1. The predicted molar refractivity (Wildman–Crippen MR) is 62.1 cm³/mol. The summed E-state index contributed by atoms with van der Waals surface area (Å²) < 4.78 is 7.13. The van der Waals surface area contributed by atoms with Crippen molar-refractivity contribution in [1.29, 1.82) is 0 Å². The first-order valence-electron chi connectivity index (χ1n) is 5.15. The minimum Gasteiger partial charge on any atom is -0.385 e. The Hall–Kier alpha value is -1.29. The number of hydrogen-bond acceptors (Lipinski definition) is 3. The highest BCUT2D eigenvalue weighted by atomic mass is 16.5. The highest BCUT2D eigenvalue weighted by Crippen LogP contribution is 2.08. The summed E-state index contributed by atoms with van der Waals surface area (Å²) in [4.78, 5) is 4.39. The lowest BCUT2D eigenvalue weighted by Crippen LogP contribution is -2.08. The molecule has 0 saturated carbocycles. The van der Waals surface area contributed by atoms with E-state index in [1.165, 1.54) is 0 Å². The third kappa shape index (κ3) is 3.75. The highest BCUT2D eigenvalue weighted by molar-refractivity contribution is 5.29. The van der Waals surface area contributed by atoms with Crippen LogP contribution in [-0.4, -0.2) is 29.8 Å². The minimum atomic E-state index is 0.737. The molecule has 0 radical (unpaired) electrons. The van der Waals surface area contributed by atoms with Crippen LogP contribution < -0.4 is 5.32 Å². The molecule has 0 aliphatic heterocycles. The summed E-state index contributed by atoms with van der Waals surface area (Å²) in [5.41, 5.74) is 1.03. The third-order valence-electron chi connectivity index (χ3n) is 2.05. The van der Waals surface area contributed by atoms with Gasteiger partial charge in [0.25, 0.3) is 0 Å². The summed E-state index contributed by atoms with van der Waals surface area (Å²) in [7, 11) is 1.72. The van der Waals surface area contributed by atoms with E-state index in [4.69, 9.17) is 4.74 Å². The number of rotatable bonds is 7. The quantitative estimate of drug-likeness (QED) is 0.550. The van der Waals surface area contributed by atoms with Gasteiger partial charge >= 0.3 is 0 Å². The fourth-order valence-corrected chi connectivity index (χ4v) is 1.40. The van der Waals surface area contributed by atoms with Gasteiger partial charge < -0.3 is 14.6 Å². The van der Waals surface area contributed by atoms with Crippen molar-refractivity contribution in [2.75, 3.05) is 25.6 Å². The second-order valence-corrected chi connectivity index (χ2v) is 3.42. The summed E-state index contributed by atoms with van der Waals surface area (Å²) in [5.74, 6) is 0.906. The summed E-state index contributed by atoms with van der Waals surface area (Å²) in [5, 5.41) is 3.20. The van der Waals surface area contributed by atoms with Crippen molar-refractivity contribution in [3.05, 3.63) is 24.5 Å². The minimum absolute atomic E-state index is 0.737. The van der Waals surface area contributed by atoms with E-state index in [9.17, 15) is 0 Å². The fraction of sp³-hybridized carbons (Fsp3) is 0.545. The molecule has 1 aromatic heterocycles. The Kier molecular flexibility index (Phi) is 4.90. The number of aromatic nitrogens is 2. The number of anilines is 1. The molecule has 0 fully saturated rings. The average Bonchev–Trinajstić information content (AvgIpc) is 2.56. The molecule has 1 rings (SSSR count). The molecule has 1 N–H and O–H groups in total. The van der Waals surface area contributed by atoms with Crippen LogP contribution in [0.1, 0.15) is 12.1 Å². The second-order valence-electron chi connectivity index (χ2n) is 3.42. The maximum absolute atomic E-state index is 5.02. The molecule has 0 saturated heterocycles. The largest absolute Gasteiger partial charge is 0.385 e. The monoisotopic (exact) mass is 209 g/mol. The molecule has 0 bridgehead atoms. The van der Waals surface area contributed by atoms with Crippen molar-refractivity contribution >= 4 is 5.95 Å². The van der Waals surface area contributed by atoms with Crippen LogP contribution in [0.25, 0.3) is 0 Å². The topological polar surface area (TPSA) is 39.1 Å². The Labute approximate surface area is 91.0 Å². The van der Waals surface area contributed by atoms with E-state index in [1.54, 1.807) is 7.11 Å². The zero-order valence-electron chi connectivity index (χ0n) is 9.49.